The first-order valence-electron chi connectivity index (χ1n) is 13.3. The Morgan fingerprint density at radius 2 is 1.51 bits per heavy atom. The van der Waals surface area contributed by atoms with Crippen LogP contribution in [0, 0.1) is 11.8 Å². The highest BCUT2D eigenvalue weighted by Gasteiger charge is 2.71. The minimum Gasteiger partial charge on any atom is -0.480 e. The number of halogens is 2. The number of carbonyl (C=O) groups is 3. The Balaban J connectivity index is 1.12. The maximum absolute atomic E-state index is 14.5. The number of nitrogens with one attached hydrogen (secondary N) is 2. The van der Waals surface area contributed by atoms with Crippen molar-refractivity contribution in [2.24, 2.45) is 11.8 Å². The highest BCUT2D eigenvalue weighted by atomic mass is 19.3. The number of amides is 2. The van der Waals surface area contributed by atoms with Crippen molar-refractivity contribution in [2.45, 2.75) is 37.5 Å². The fourth-order valence-corrected chi connectivity index (χ4v) is 5.37. The first-order chi connectivity index (χ1) is 19.7. The minimum absolute atomic E-state index is 0.0198. The van der Waals surface area contributed by atoms with E-state index in [0.717, 1.165) is 27.8 Å². The molecule has 0 heterocycles. The zero-order valence-electron chi connectivity index (χ0n) is 22.3. The van der Waals surface area contributed by atoms with Crippen LogP contribution in [-0.2, 0) is 25.7 Å². The molecule has 1 fully saturated rings. The van der Waals surface area contributed by atoms with Gasteiger partial charge in [-0.25, -0.2) is 18.4 Å². The molecule has 10 heteroatoms. The van der Waals surface area contributed by atoms with E-state index in [1.165, 1.54) is 6.92 Å². The van der Waals surface area contributed by atoms with E-state index in [4.69, 9.17) is 9.47 Å². The fraction of sp³-hybridized carbons (Fsp3) is 0.323. The molecule has 2 aliphatic rings. The summed E-state index contributed by atoms with van der Waals surface area (Å²) >= 11 is 0. The second-order valence-electron chi connectivity index (χ2n) is 10.3. The summed E-state index contributed by atoms with van der Waals surface area (Å²) in [6.07, 6.45) is -1.86. The van der Waals surface area contributed by atoms with Crippen molar-refractivity contribution in [1.29, 1.82) is 0 Å². The molecule has 3 aromatic rings. The number of alkyl carbamates (subject to hydrolysis) is 1. The van der Waals surface area contributed by atoms with Gasteiger partial charge in [-0.15, -0.1) is 0 Å². The van der Waals surface area contributed by atoms with Gasteiger partial charge >= 0.3 is 12.1 Å². The van der Waals surface area contributed by atoms with Crippen LogP contribution in [0.3, 0.4) is 0 Å². The minimum atomic E-state index is -3.40. The van der Waals surface area contributed by atoms with Gasteiger partial charge in [0.1, 0.15) is 12.5 Å². The molecule has 214 valence electrons. The molecule has 0 radical (unpaired) electrons. The number of alkyl halides is 2. The smallest absolute Gasteiger partial charge is 0.407 e. The van der Waals surface area contributed by atoms with Crippen LogP contribution in [0.1, 0.15) is 29.5 Å². The Kier molecular flexibility index (Phi) is 8.03. The number of fused-ring (bicyclic) bond motifs is 3. The topological polar surface area (TPSA) is 114 Å². The summed E-state index contributed by atoms with van der Waals surface area (Å²) in [6, 6.07) is 23.1. The Labute approximate surface area is 235 Å². The van der Waals surface area contributed by atoms with E-state index in [1.54, 1.807) is 24.3 Å². The van der Waals surface area contributed by atoms with Crippen LogP contribution in [0.4, 0.5) is 13.6 Å². The van der Waals surface area contributed by atoms with E-state index in [9.17, 15) is 28.3 Å². The van der Waals surface area contributed by atoms with Crippen molar-refractivity contribution >= 4 is 18.0 Å². The van der Waals surface area contributed by atoms with E-state index in [0.29, 0.717) is 0 Å². The van der Waals surface area contributed by atoms with E-state index < -0.39 is 54.4 Å². The van der Waals surface area contributed by atoms with Gasteiger partial charge in [-0.05, 0) is 34.7 Å². The summed E-state index contributed by atoms with van der Waals surface area (Å²) in [5, 5.41) is 14.1. The zero-order valence-corrected chi connectivity index (χ0v) is 22.3. The van der Waals surface area contributed by atoms with E-state index in [2.05, 4.69) is 10.6 Å². The summed E-state index contributed by atoms with van der Waals surface area (Å²) in [4.78, 5) is 36.8. The SMILES string of the molecule is CC(OCc1ccccc1)C(NC(=O)C1C(CNC(=O)OCC2c3ccccc3-c3ccccc32)C1(F)F)C(=O)O. The average molecular weight is 565 g/mol. The molecule has 3 aromatic carbocycles. The number of carboxylic acids is 1. The maximum Gasteiger partial charge on any atom is 0.407 e. The number of ether oxygens (including phenoxy) is 2. The highest BCUT2D eigenvalue weighted by molar-refractivity contribution is 5.88. The van der Waals surface area contributed by atoms with Gasteiger partial charge in [-0.3, -0.25) is 4.79 Å². The van der Waals surface area contributed by atoms with Crippen LogP contribution in [0.5, 0.6) is 0 Å². The molecular weight excluding hydrogens is 534 g/mol. The van der Waals surface area contributed by atoms with Crippen LogP contribution in [-0.4, -0.2) is 54.3 Å². The molecule has 2 amide bonds. The predicted molar refractivity (Wildman–Crippen MR) is 145 cm³/mol. The molecule has 3 N–H and O–H groups in total. The Morgan fingerprint density at radius 1 is 0.927 bits per heavy atom. The number of aliphatic carboxylic acids is 1. The van der Waals surface area contributed by atoms with Crippen LogP contribution < -0.4 is 10.6 Å². The number of hydrogen-bond acceptors (Lipinski definition) is 5. The van der Waals surface area contributed by atoms with Crippen LogP contribution in [0.25, 0.3) is 11.1 Å². The van der Waals surface area contributed by atoms with Crippen molar-refractivity contribution in [2.75, 3.05) is 13.2 Å². The van der Waals surface area contributed by atoms with Crippen LogP contribution in [0.2, 0.25) is 0 Å². The van der Waals surface area contributed by atoms with Gasteiger partial charge in [-0.1, -0.05) is 78.9 Å². The number of carboxylic acid groups (broad SMARTS) is 1. The van der Waals surface area contributed by atoms with Gasteiger partial charge in [0.2, 0.25) is 5.91 Å². The lowest BCUT2D eigenvalue weighted by molar-refractivity contribution is -0.147. The molecule has 4 unspecified atom stereocenters. The largest absolute Gasteiger partial charge is 0.480 e. The standard InChI is InChI=1S/C31H30F2N2O6/c1-18(40-16-19-9-3-2-4-10-19)27(29(37)38)35-28(36)26-25(31(26,32)33)15-34-30(39)41-17-24-22-13-7-5-11-20(22)21-12-6-8-14-23(21)24/h2-14,18,24-27H,15-17H2,1H3,(H,34,39)(H,35,36)(H,37,38). The van der Waals surface area contributed by atoms with E-state index in [-0.39, 0.29) is 19.1 Å². The van der Waals surface area contributed by atoms with Gasteiger partial charge in [0, 0.05) is 12.5 Å². The van der Waals surface area contributed by atoms with Crippen molar-refractivity contribution in [3.05, 3.63) is 95.6 Å². The summed E-state index contributed by atoms with van der Waals surface area (Å²) in [5.41, 5.74) is 4.94. The average Bonchev–Trinajstić information content (AvgIpc) is 3.38. The normalized spacial score (nSPS) is 19.8. The Bertz CT molecular complexity index is 1390. The quantitative estimate of drug-likeness (QED) is 0.314. The second-order valence-corrected chi connectivity index (χ2v) is 10.3. The third-order valence-electron chi connectivity index (χ3n) is 7.68. The van der Waals surface area contributed by atoms with E-state index >= 15 is 0 Å². The number of hydrogen-bond donors (Lipinski definition) is 3. The Hall–Kier alpha value is -4.31. The first kappa shape index (κ1) is 28.2. The molecule has 0 aliphatic heterocycles. The lowest BCUT2D eigenvalue weighted by Crippen LogP contribution is -2.49. The monoisotopic (exact) mass is 564 g/mol. The van der Waals surface area contributed by atoms with Gasteiger partial charge in [-0.2, -0.15) is 0 Å². The van der Waals surface area contributed by atoms with Crippen molar-refractivity contribution < 1.29 is 37.7 Å². The summed E-state index contributed by atoms with van der Waals surface area (Å²) < 4.78 is 40.0. The second kappa shape index (κ2) is 11.7. The summed E-state index contributed by atoms with van der Waals surface area (Å²) in [7, 11) is 0. The predicted octanol–water partition coefficient (Wildman–Crippen LogP) is 4.58. The van der Waals surface area contributed by atoms with Crippen molar-refractivity contribution in [3.63, 3.8) is 0 Å². The molecule has 41 heavy (non-hydrogen) atoms. The molecular formula is C31H30F2N2O6. The molecule has 0 bridgehead atoms. The molecule has 0 spiro atoms. The molecule has 8 nitrogen and oxygen atoms in total. The summed E-state index contributed by atoms with van der Waals surface area (Å²) in [5.74, 6) is -9.38. The number of rotatable bonds is 11. The third kappa shape index (κ3) is 5.92. The summed E-state index contributed by atoms with van der Waals surface area (Å²) in [6.45, 7) is 1.06. The molecule has 4 atom stereocenters. The Morgan fingerprint density at radius 3 is 2.12 bits per heavy atom. The highest BCUT2D eigenvalue weighted by Crippen LogP contribution is 2.55. The lowest BCUT2D eigenvalue weighted by atomic mass is 9.98. The molecule has 1 saturated carbocycles. The number of carbonyl (C=O) groups excluding carboxylic acids is 2. The molecule has 5 rings (SSSR count). The van der Waals surface area contributed by atoms with Gasteiger partial charge in [0.05, 0.1) is 18.6 Å². The first-order valence-corrected chi connectivity index (χ1v) is 13.3. The zero-order chi connectivity index (χ0) is 29.1. The van der Waals surface area contributed by atoms with Crippen molar-refractivity contribution in [1.82, 2.24) is 10.6 Å². The maximum atomic E-state index is 14.5. The fourth-order valence-electron chi connectivity index (χ4n) is 5.37. The lowest BCUT2D eigenvalue weighted by Gasteiger charge is -2.22. The van der Waals surface area contributed by atoms with Crippen LogP contribution in [0.15, 0.2) is 78.9 Å². The van der Waals surface area contributed by atoms with Gasteiger partial charge in [0.25, 0.3) is 5.92 Å². The number of benzene rings is 3. The molecule has 0 saturated heterocycles. The van der Waals surface area contributed by atoms with Gasteiger partial charge in [0.15, 0.2) is 6.04 Å². The van der Waals surface area contributed by atoms with Crippen molar-refractivity contribution in [3.8, 4) is 11.1 Å². The van der Waals surface area contributed by atoms with Gasteiger partial charge < -0.3 is 25.2 Å². The van der Waals surface area contributed by atoms with E-state index in [1.807, 2.05) is 54.6 Å². The third-order valence-corrected chi connectivity index (χ3v) is 7.68. The van der Waals surface area contributed by atoms with Crippen LogP contribution >= 0.6 is 0 Å². The molecule has 2 aliphatic carbocycles. The molecule has 0 aromatic heterocycles.